The maximum atomic E-state index is 14.1. The topological polar surface area (TPSA) is 122 Å². The summed E-state index contributed by atoms with van der Waals surface area (Å²) >= 11 is 1.47. The lowest BCUT2D eigenvalue weighted by atomic mass is 10.0. The van der Waals surface area contributed by atoms with Gasteiger partial charge in [-0.1, -0.05) is 18.2 Å². The minimum atomic E-state index is -6.02. The Morgan fingerprint density at radius 3 is 2.11 bits per heavy atom. The van der Waals surface area contributed by atoms with Crippen LogP contribution in [-0.2, 0) is 19.9 Å². The summed E-state index contributed by atoms with van der Waals surface area (Å²) in [5.74, 6) is 0.513. The first kappa shape index (κ1) is 39.3. The number of rotatable bonds is 13. The van der Waals surface area contributed by atoms with Crippen LogP contribution in [0.4, 0.5) is 24.5 Å². The standard InChI is InChI=1S/C36H45F3N6O5S3/c1-42-16-18-44(19-17-42)15-14-29(25-51-31-6-4-3-5-7-31)40-33-13-12-32(20-34(33)52(47,48)36(37,38)39)53(49,50)41-35(46)26-8-10-30(11-9-26)45-23-27-21-43(2)22-28(27)24-45/h3-13,20,27-29,40H,14-19,21-25H2,1-2H3,(H,41,46)/t27?,28?,29-/m1/s1. The van der Waals surface area contributed by atoms with Crippen molar-refractivity contribution in [1.82, 2.24) is 19.4 Å². The molecule has 1 amide bonds. The first-order valence-electron chi connectivity index (χ1n) is 17.5. The van der Waals surface area contributed by atoms with Gasteiger partial charge in [-0.2, -0.15) is 13.2 Å². The molecule has 288 valence electrons. The lowest BCUT2D eigenvalue weighted by molar-refractivity contribution is -0.0435. The van der Waals surface area contributed by atoms with Crippen molar-refractivity contribution in [2.24, 2.45) is 11.8 Å². The molecule has 2 unspecified atom stereocenters. The summed E-state index contributed by atoms with van der Waals surface area (Å²) in [6.45, 7) is 7.82. The van der Waals surface area contributed by atoms with E-state index in [-0.39, 0.29) is 11.3 Å². The first-order valence-corrected chi connectivity index (χ1v) is 21.5. The van der Waals surface area contributed by atoms with Crippen LogP contribution in [0.15, 0.2) is 87.5 Å². The number of anilines is 2. The third kappa shape index (κ3) is 9.49. The van der Waals surface area contributed by atoms with E-state index in [1.165, 1.54) is 23.9 Å². The molecule has 3 saturated heterocycles. The van der Waals surface area contributed by atoms with Gasteiger partial charge in [0.1, 0.15) is 4.90 Å². The Labute approximate surface area is 313 Å². The van der Waals surface area contributed by atoms with E-state index < -0.39 is 47.1 Å². The van der Waals surface area contributed by atoms with Crippen molar-refractivity contribution in [3.05, 3.63) is 78.4 Å². The van der Waals surface area contributed by atoms with Gasteiger partial charge in [-0.25, -0.2) is 21.6 Å². The summed E-state index contributed by atoms with van der Waals surface area (Å²) in [4.78, 5) is 21.0. The summed E-state index contributed by atoms with van der Waals surface area (Å²) in [6, 6.07) is 17.9. The average molecular weight is 795 g/mol. The molecule has 0 aliphatic carbocycles. The van der Waals surface area contributed by atoms with E-state index in [0.717, 1.165) is 75.1 Å². The summed E-state index contributed by atoms with van der Waals surface area (Å²) in [6.07, 6.45) is 0.486. The molecule has 3 aliphatic rings. The number of alkyl halides is 3. The number of fused-ring (bicyclic) bond motifs is 1. The zero-order chi connectivity index (χ0) is 38.0. The number of hydrogen-bond acceptors (Lipinski definition) is 11. The number of benzene rings is 3. The highest BCUT2D eigenvalue weighted by Crippen LogP contribution is 2.37. The average Bonchev–Trinajstić information content (AvgIpc) is 3.67. The van der Waals surface area contributed by atoms with Crippen molar-refractivity contribution in [3.63, 3.8) is 0 Å². The Kier molecular flexibility index (Phi) is 12.0. The monoisotopic (exact) mass is 794 g/mol. The Hall–Kier alpha value is -3.35. The number of halogens is 3. The lowest BCUT2D eigenvalue weighted by Gasteiger charge is -2.33. The molecule has 6 rings (SSSR count). The molecular formula is C36H45F3N6O5S3. The smallest absolute Gasteiger partial charge is 0.380 e. The third-order valence-electron chi connectivity index (χ3n) is 10.2. The molecule has 3 fully saturated rings. The molecule has 0 aromatic heterocycles. The molecule has 0 spiro atoms. The molecule has 3 atom stereocenters. The fourth-order valence-corrected chi connectivity index (χ4v) is 10.2. The predicted octanol–water partition coefficient (Wildman–Crippen LogP) is 4.31. The predicted molar refractivity (Wildman–Crippen MR) is 201 cm³/mol. The van der Waals surface area contributed by atoms with Crippen LogP contribution in [-0.4, -0.2) is 128 Å². The zero-order valence-corrected chi connectivity index (χ0v) is 32.1. The number of carbonyl (C=O) groups excluding carboxylic acids is 1. The van der Waals surface area contributed by atoms with Gasteiger partial charge in [0.25, 0.3) is 25.8 Å². The second-order valence-electron chi connectivity index (χ2n) is 14.1. The van der Waals surface area contributed by atoms with Crippen LogP contribution in [0, 0.1) is 11.8 Å². The van der Waals surface area contributed by atoms with Gasteiger partial charge in [0.05, 0.1) is 10.6 Å². The maximum absolute atomic E-state index is 14.1. The van der Waals surface area contributed by atoms with Gasteiger partial charge in [0, 0.05) is 86.8 Å². The van der Waals surface area contributed by atoms with Crippen molar-refractivity contribution >= 4 is 48.9 Å². The van der Waals surface area contributed by atoms with Crippen LogP contribution in [0.3, 0.4) is 0 Å². The highest BCUT2D eigenvalue weighted by Gasteiger charge is 2.48. The molecule has 3 aromatic carbocycles. The highest BCUT2D eigenvalue weighted by molar-refractivity contribution is 7.99. The molecule has 3 heterocycles. The summed E-state index contributed by atoms with van der Waals surface area (Å²) in [5.41, 5.74) is -5.17. The molecule has 0 saturated carbocycles. The van der Waals surface area contributed by atoms with Crippen LogP contribution in [0.2, 0.25) is 0 Å². The maximum Gasteiger partial charge on any atom is 0.501 e. The number of nitrogens with zero attached hydrogens (tertiary/aromatic N) is 4. The second-order valence-corrected chi connectivity index (χ2v) is 18.8. The van der Waals surface area contributed by atoms with Gasteiger partial charge in [-0.05, 0) is 86.9 Å². The van der Waals surface area contributed by atoms with Crippen molar-refractivity contribution < 1.29 is 34.8 Å². The Bertz CT molecular complexity index is 1950. The number of nitrogens with one attached hydrogen (secondary N) is 2. The second kappa shape index (κ2) is 16.2. The number of thioether (sulfide) groups is 1. The molecule has 0 radical (unpaired) electrons. The van der Waals surface area contributed by atoms with E-state index in [4.69, 9.17) is 0 Å². The quantitative estimate of drug-likeness (QED) is 0.241. The van der Waals surface area contributed by atoms with Crippen molar-refractivity contribution in [3.8, 4) is 0 Å². The van der Waals surface area contributed by atoms with Crippen molar-refractivity contribution in [2.75, 3.05) is 89.0 Å². The molecule has 11 nitrogen and oxygen atoms in total. The molecule has 53 heavy (non-hydrogen) atoms. The van der Waals surface area contributed by atoms with Gasteiger partial charge in [0.2, 0.25) is 0 Å². The van der Waals surface area contributed by atoms with E-state index in [1.54, 1.807) is 12.1 Å². The highest BCUT2D eigenvalue weighted by atomic mass is 32.2. The minimum Gasteiger partial charge on any atom is -0.380 e. The minimum absolute atomic E-state index is 0.0250. The van der Waals surface area contributed by atoms with Gasteiger partial charge < -0.3 is 24.9 Å². The van der Waals surface area contributed by atoms with E-state index in [0.29, 0.717) is 36.6 Å². The van der Waals surface area contributed by atoms with Gasteiger partial charge in [-0.3, -0.25) is 4.79 Å². The number of sulfone groups is 1. The molecule has 17 heteroatoms. The fraction of sp³-hybridized carbons (Fsp3) is 0.472. The normalized spacial score (nSPS) is 21.0. The van der Waals surface area contributed by atoms with Crippen LogP contribution in [0.5, 0.6) is 0 Å². The van der Waals surface area contributed by atoms with Crippen molar-refractivity contribution in [2.45, 2.75) is 32.7 Å². The SMILES string of the molecule is CN1CCN(CC[C@H](CSc2ccccc2)Nc2ccc(S(=O)(=O)NC(=O)c3ccc(N4CC5CN(C)CC5C4)cc3)cc2S(=O)(=O)C(F)(F)F)CC1. The number of likely N-dealkylation sites (tertiary alicyclic amines) is 1. The first-order chi connectivity index (χ1) is 25.1. The van der Waals surface area contributed by atoms with E-state index >= 15 is 0 Å². The molecule has 3 aliphatic heterocycles. The number of piperazine rings is 1. The molecule has 2 N–H and O–H groups in total. The third-order valence-corrected chi connectivity index (χ3v) is 14.2. The molecule has 3 aromatic rings. The number of amides is 1. The Morgan fingerprint density at radius 2 is 1.49 bits per heavy atom. The number of likely N-dealkylation sites (N-methyl/N-ethyl adjacent to an activating group) is 1. The van der Waals surface area contributed by atoms with Crippen LogP contribution in [0.1, 0.15) is 16.8 Å². The summed E-state index contributed by atoms with van der Waals surface area (Å²) in [7, 11) is -6.67. The zero-order valence-electron chi connectivity index (χ0n) is 29.6. The van der Waals surface area contributed by atoms with Crippen LogP contribution >= 0.6 is 11.8 Å². The van der Waals surface area contributed by atoms with Crippen LogP contribution < -0.4 is 14.9 Å². The summed E-state index contributed by atoms with van der Waals surface area (Å²) < 4.78 is 96.8. The van der Waals surface area contributed by atoms with E-state index in [2.05, 4.69) is 32.0 Å². The molecule has 0 bridgehead atoms. The van der Waals surface area contributed by atoms with Crippen LogP contribution in [0.25, 0.3) is 0 Å². The number of hydrogen-bond donors (Lipinski definition) is 2. The summed E-state index contributed by atoms with van der Waals surface area (Å²) in [5, 5.41) is 3.01. The largest absolute Gasteiger partial charge is 0.501 e. The van der Waals surface area contributed by atoms with Crippen molar-refractivity contribution in [1.29, 1.82) is 0 Å². The number of sulfonamides is 1. The van der Waals surface area contributed by atoms with E-state index in [1.807, 2.05) is 42.1 Å². The van der Waals surface area contributed by atoms with Gasteiger partial charge in [-0.15, -0.1) is 11.8 Å². The Balaban J connectivity index is 1.20. The Morgan fingerprint density at radius 1 is 0.849 bits per heavy atom. The molecular weight excluding hydrogens is 750 g/mol. The number of carbonyl (C=O) groups is 1. The lowest BCUT2D eigenvalue weighted by Crippen LogP contribution is -2.45. The van der Waals surface area contributed by atoms with Gasteiger partial charge in [0.15, 0.2) is 0 Å². The van der Waals surface area contributed by atoms with E-state index in [9.17, 15) is 34.8 Å². The fourth-order valence-electron chi connectivity index (χ4n) is 7.18. The van der Waals surface area contributed by atoms with Gasteiger partial charge >= 0.3 is 5.51 Å².